The minimum atomic E-state index is -0.685. The van der Waals surface area contributed by atoms with Crippen LogP contribution in [0.3, 0.4) is 0 Å². The highest BCUT2D eigenvalue weighted by molar-refractivity contribution is 5.98. The molecule has 0 atom stereocenters. The third-order valence-electron chi connectivity index (χ3n) is 2.68. The molecule has 0 spiro atoms. The molecule has 0 aromatic heterocycles. The van der Waals surface area contributed by atoms with Crippen LogP contribution >= 0.6 is 0 Å². The zero-order valence-electron chi connectivity index (χ0n) is 12.7. The maximum atomic E-state index is 11.9. The van der Waals surface area contributed by atoms with Gasteiger partial charge in [0.1, 0.15) is 12.3 Å². The van der Waals surface area contributed by atoms with Crippen LogP contribution in [-0.2, 0) is 14.3 Å². The number of rotatable bonds is 8. The van der Waals surface area contributed by atoms with Gasteiger partial charge in [-0.3, -0.25) is 14.4 Å². The Hall–Kier alpha value is -2.57. The Morgan fingerprint density at radius 1 is 1.14 bits per heavy atom. The summed E-state index contributed by atoms with van der Waals surface area (Å²) >= 11 is 0. The highest BCUT2D eigenvalue weighted by Crippen LogP contribution is 2.16. The lowest BCUT2D eigenvalue weighted by Gasteiger charge is -2.09. The van der Waals surface area contributed by atoms with Crippen molar-refractivity contribution >= 4 is 17.8 Å². The van der Waals surface area contributed by atoms with E-state index < -0.39 is 11.9 Å². The van der Waals surface area contributed by atoms with E-state index in [4.69, 9.17) is 9.47 Å². The summed E-state index contributed by atoms with van der Waals surface area (Å²) in [6.45, 7) is 1.77. The highest BCUT2D eigenvalue weighted by Gasteiger charge is 2.13. The zero-order chi connectivity index (χ0) is 16.4. The van der Waals surface area contributed by atoms with Gasteiger partial charge in [0, 0.05) is 6.54 Å². The van der Waals surface area contributed by atoms with E-state index in [2.05, 4.69) is 10.6 Å². The van der Waals surface area contributed by atoms with Gasteiger partial charge < -0.3 is 20.1 Å². The SMILES string of the molecule is CCCNC(=O)COC(=O)CNC(=O)c1ccccc1OC. The molecule has 0 aliphatic carbocycles. The molecule has 1 aromatic rings. The van der Waals surface area contributed by atoms with Gasteiger partial charge in [0.15, 0.2) is 6.61 Å². The van der Waals surface area contributed by atoms with E-state index >= 15 is 0 Å². The quantitative estimate of drug-likeness (QED) is 0.682. The monoisotopic (exact) mass is 308 g/mol. The van der Waals surface area contributed by atoms with Gasteiger partial charge in [-0.15, -0.1) is 0 Å². The van der Waals surface area contributed by atoms with Crippen molar-refractivity contribution < 1.29 is 23.9 Å². The second-order valence-corrected chi connectivity index (χ2v) is 4.39. The van der Waals surface area contributed by atoms with Gasteiger partial charge in [-0.05, 0) is 18.6 Å². The fraction of sp³-hybridized carbons (Fsp3) is 0.400. The van der Waals surface area contributed by atoms with Crippen molar-refractivity contribution in [2.75, 3.05) is 26.8 Å². The number of hydrogen-bond donors (Lipinski definition) is 2. The number of nitrogens with one attached hydrogen (secondary N) is 2. The molecular formula is C15H20N2O5. The van der Waals surface area contributed by atoms with Gasteiger partial charge in [-0.1, -0.05) is 19.1 Å². The Balaban J connectivity index is 2.37. The summed E-state index contributed by atoms with van der Waals surface area (Å²) in [6, 6.07) is 6.65. The van der Waals surface area contributed by atoms with Crippen molar-refractivity contribution in [1.82, 2.24) is 10.6 Å². The first-order valence-electron chi connectivity index (χ1n) is 6.92. The van der Waals surface area contributed by atoms with Crippen molar-refractivity contribution in [3.8, 4) is 5.75 Å². The van der Waals surface area contributed by atoms with E-state index in [0.717, 1.165) is 6.42 Å². The summed E-state index contributed by atoms with van der Waals surface area (Å²) in [6.07, 6.45) is 0.800. The van der Waals surface area contributed by atoms with Gasteiger partial charge in [0.2, 0.25) is 0 Å². The molecule has 22 heavy (non-hydrogen) atoms. The van der Waals surface area contributed by atoms with Gasteiger partial charge in [-0.25, -0.2) is 0 Å². The zero-order valence-corrected chi connectivity index (χ0v) is 12.7. The maximum Gasteiger partial charge on any atom is 0.325 e. The van der Waals surface area contributed by atoms with Gasteiger partial charge >= 0.3 is 5.97 Å². The number of methoxy groups -OCH3 is 1. The van der Waals surface area contributed by atoms with Crippen LogP contribution in [0, 0.1) is 0 Å². The normalized spacial score (nSPS) is 9.73. The van der Waals surface area contributed by atoms with Crippen LogP contribution in [0.15, 0.2) is 24.3 Å². The second-order valence-electron chi connectivity index (χ2n) is 4.39. The number of carbonyl (C=O) groups excluding carboxylic acids is 3. The van der Waals surface area contributed by atoms with Crippen LogP contribution in [0.2, 0.25) is 0 Å². The Labute approximate surface area is 129 Å². The van der Waals surface area contributed by atoms with Crippen molar-refractivity contribution in [2.45, 2.75) is 13.3 Å². The lowest BCUT2D eigenvalue weighted by atomic mass is 10.2. The molecule has 0 aliphatic heterocycles. The molecule has 120 valence electrons. The third kappa shape index (κ3) is 5.82. The number of para-hydroxylation sites is 1. The van der Waals surface area contributed by atoms with Crippen molar-refractivity contribution in [3.05, 3.63) is 29.8 Å². The predicted molar refractivity (Wildman–Crippen MR) is 79.6 cm³/mol. The van der Waals surface area contributed by atoms with E-state index in [1.165, 1.54) is 7.11 Å². The average molecular weight is 308 g/mol. The molecule has 0 fully saturated rings. The Morgan fingerprint density at radius 2 is 1.86 bits per heavy atom. The van der Waals surface area contributed by atoms with Crippen LogP contribution in [0.25, 0.3) is 0 Å². The largest absolute Gasteiger partial charge is 0.496 e. The third-order valence-corrected chi connectivity index (χ3v) is 2.68. The van der Waals surface area contributed by atoms with Gasteiger partial charge in [-0.2, -0.15) is 0 Å². The minimum Gasteiger partial charge on any atom is -0.496 e. The van der Waals surface area contributed by atoms with Crippen LogP contribution in [0.5, 0.6) is 5.75 Å². The number of carbonyl (C=O) groups is 3. The summed E-state index contributed by atoms with van der Waals surface area (Å²) in [5, 5.41) is 4.99. The van der Waals surface area contributed by atoms with Crippen molar-refractivity contribution in [1.29, 1.82) is 0 Å². The van der Waals surface area contributed by atoms with E-state index in [9.17, 15) is 14.4 Å². The molecule has 7 nitrogen and oxygen atoms in total. The van der Waals surface area contributed by atoms with Crippen molar-refractivity contribution in [3.63, 3.8) is 0 Å². The predicted octanol–water partition coefficient (Wildman–Crippen LogP) is 0.494. The molecule has 2 amide bonds. The summed E-state index contributed by atoms with van der Waals surface area (Å²) in [5.74, 6) is -1.10. The first-order valence-corrected chi connectivity index (χ1v) is 6.92. The lowest BCUT2D eigenvalue weighted by Crippen LogP contribution is -2.34. The minimum absolute atomic E-state index is 0.318. The number of amides is 2. The molecule has 0 heterocycles. The molecule has 7 heteroatoms. The summed E-state index contributed by atoms with van der Waals surface area (Å²) < 4.78 is 9.81. The highest BCUT2D eigenvalue weighted by atomic mass is 16.5. The standard InChI is InChI=1S/C15H20N2O5/c1-3-8-16-13(18)10-22-14(19)9-17-15(20)11-6-4-5-7-12(11)21-2/h4-7H,3,8-10H2,1-2H3,(H,16,18)(H,17,20). The molecular weight excluding hydrogens is 288 g/mol. The number of ether oxygens (including phenoxy) is 2. The molecule has 1 rings (SSSR count). The Kier molecular flexibility index (Phi) is 7.45. The lowest BCUT2D eigenvalue weighted by molar-refractivity contribution is -0.147. The van der Waals surface area contributed by atoms with Gasteiger partial charge in [0.25, 0.3) is 11.8 Å². The van der Waals surface area contributed by atoms with E-state index in [1.54, 1.807) is 24.3 Å². The molecule has 0 saturated heterocycles. The molecule has 1 aromatic carbocycles. The molecule has 0 bridgehead atoms. The maximum absolute atomic E-state index is 11.9. The van der Waals surface area contributed by atoms with E-state index in [-0.39, 0.29) is 19.1 Å². The molecule has 2 N–H and O–H groups in total. The van der Waals surface area contributed by atoms with E-state index in [1.807, 2.05) is 6.92 Å². The molecule has 0 radical (unpaired) electrons. The summed E-state index contributed by atoms with van der Waals surface area (Å²) in [7, 11) is 1.45. The van der Waals surface area contributed by atoms with Crippen molar-refractivity contribution in [2.24, 2.45) is 0 Å². The number of benzene rings is 1. The average Bonchev–Trinajstić information content (AvgIpc) is 2.55. The topological polar surface area (TPSA) is 93.7 Å². The van der Waals surface area contributed by atoms with E-state index in [0.29, 0.717) is 17.9 Å². The molecule has 0 aliphatic rings. The van der Waals surface area contributed by atoms with Gasteiger partial charge in [0.05, 0.1) is 12.7 Å². The summed E-state index contributed by atoms with van der Waals surface area (Å²) in [5.41, 5.74) is 0.318. The molecule has 0 unspecified atom stereocenters. The number of esters is 1. The number of hydrogen-bond acceptors (Lipinski definition) is 5. The smallest absolute Gasteiger partial charge is 0.325 e. The molecule has 0 saturated carbocycles. The Bertz CT molecular complexity index is 530. The van der Waals surface area contributed by atoms with Crippen LogP contribution in [0.4, 0.5) is 0 Å². The first-order chi connectivity index (χ1) is 10.6. The summed E-state index contributed by atoms with van der Waals surface area (Å²) in [4.78, 5) is 34.7. The second kappa shape index (κ2) is 9.38. The first kappa shape index (κ1) is 17.5. The Morgan fingerprint density at radius 3 is 2.55 bits per heavy atom. The van der Waals surface area contributed by atoms with Crippen LogP contribution < -0.4 is 15.4 Å². The van der Waals surface area contributed by atoms with Crippen LogP contribution in [-0.4, -0.2) is 44.6 Å². The van der Waals surface area contributed by atoms with Crippen LogP contribution in [0.1, 0.15) is 23.7 Å². The fourth-order valence-electron chi connectivity index (χ4n) is 1.59. The fourth-order valence-corrected chi connectivity index (χ4v) is 1.59.